The Labute approximate surface area is 94.1 Å². The zero-order chi connectivity index (χ0) is 12.2. The summed E-state index contributed by atoms with van der Waals surface area (Å²) in [5.74, 6) is -1.39. The number of methoxy groups -OCH3 is 2. The topological polar surface area (TPSA) is 69.7 Å². The number of Topliss-reactive ketones (excluding diaryl/α,β-unsaturated/α-hetero) is 1. The van der Waals surface area contributed by atoms with Gasteiger partial charge in [0.25, 0.3) is 0 Å². The lowest BCUT2D eigenvalue weighted by Gasteiger charge is -2.31. The first-order valence-corrected chi connectivity index (χ1v) is 5.25. The monoisotopic (exact) mass is 228 g/mol. The van der Waals surface area contributed by atoms with E-state index < -0.39 is 17.4 Å². The van der Waals surface area contributed by atoms with Gasteiger partial charge < -0.3 is 9.47 Å². The van der Waals surface area contributed by atoms with Gasteiger partial charge in [-0.15, -0.1) is 0 Å². The van der Waals surface area contributed by atoms with Crippen LogP contribution in [0.3, 0.4) is 0 Å². The molecule has 0 unspecified atom stereocenters. The molecule has 16 heavy (non-hydrogen) atoms. The first kappa shape index (κ1) is 12.7. The Bertz CT molecular complexity index is 299. The van der Waals surface area contributed by atoms with Gasteiger partial charge in [-0.3, -0.25) is 14.4 Å². The molecule has 0 aliphatic heterocycles. The molecule has 1 aliphatic carbocycles. The van der Waals surface area contributed by atoms with Crippen LogP contribution in [0.25, 0.3) is 0 Å². The van der Waals surface area contributed by atoms with Gasteiger partial charge in [0, 0.05) is 6.42 Å². The van der Waals surface area contributed by atoms with E-state index in [1.807, 2.05) is 0 Å². The highest BCUT2D eigenvalue weighted by atomic mass is 16.5. The Kier molecular flexibility index (Phi) is 4.04. The zero-order valence-corrected chi connectivity index (χ0v) is 9.58. The van der Waals surface area contributed by atoms with Crippen molar-refractivity contribution in [3.63, 3.8) is 0 Å². The Morgan fingerprint density at radius 3 is 2.44 bits per heavy atom. The maximum atomic E-state index is 11.9. The van der Waals surface area contributed by atoms with Crippen molar-refractivity contribution < 1.29 is 23.9 Å². The van der Waals surface area contributed by atoms with Crippen LogP contribution in [0.5, 0.6) is 0 Å². The largest absolute Gasteiger partial charge is 0.469 e. The van der Waals surface area contributed by atoms with Crippen LogP contribution in [-0.2, 0) is 23.9 Å². The molecule has 1 saturated carbocycles. The summed E-state index contributed by atoms with van der Waals surface area (Å²) in [6.45, 7) is 0. The molecule has 1 fully saturated rings. The molecular weight excluding hydrogens is 212 g/mol. The molecule has 0 amide bonds. The lowest BCUT2D eigenvalue weighted by atomic mass is 9.71. The number of ether oxygens (including phenoxy) is 2. The van der Waals surface area contributed by atoms with E-state index in [0.717, 1.165) is 12.8 Å². The minimum Gasteiger partial charge on any atom is -0.469 e. The molecule has 0 N–H and O–H groups in total. The predicted molar refractivity (Wildman–Crippen MR) is 54.6 cm³/mol. The van der Waals surface area contributed by atoms with E-state index >= 15 is 0 Å². The third-order valence-electron chi connectivity index (χ3n) is 3.04. The highest BCUT2D eigenvalue weighted by molar-refractivity contribution is 6.06. The summed E-state index contributed by atoms with van der Waals surface area (Å²) in [7, 11) is 2.46. The van der Waals surface area contributed by atoms with Gasteiger partial charge in [0.2, 0.25) is 0 Å². The van der Waals surface area contributed by atoms with Crippen molar-refractivity contribution in [1.29, 1.82) is 0 Å². The van der Waals surface area contributed by atoms with Crippen LogP contribution in [0, 0.1) is 5.41 Å². The third kappa shape index (κ3) is 2.23. The number of hydrogen-bond acceptors (Lipinski definition) is 5. The summed E-state index contributed by atoms with van der Waals surface area (Å²) in [6.07, 6.45) is 1.99. The second-order valence-electron chi connectivity index (χ2n) is 3.96. The predicted octanol–water partition coefficient (Wildman–Crippen LogP) is 0.852. The smallest absolute Gasteiger partial charge is 0.319 e. The van der Waals surface area contributed by atoms with Gasteiger partial charge in [-0.2, -0.15) is 0 Å². The normalized spacial score (nSPS) is 25.0. The van der Waals surface area contributed by atoms with Crippen molar-refractivity contribution in [2.24, 2.45) is 5.41 Å². The molecule has 0 bridgehead atoms. The maximum absolute atomic E-state index is 11.9. The van der Waals surface area contributed by atoms with Crippen molar-refractivity contribution in [1.82, 2.24) is 0 Å². The zero-order valence-electron chi connectivity index (χ0n) is 9.58. The molecule has 0 spiro atoms. The van der Waals surface area contributed by atoms with Gasteiger partial charge in [0.1, 0.15) is 5.41 Å². The summed E-state index contributed by atoms with van der Waals surface area (Å²) < 4.78 is 9.16. The van der Waals surface area contributed by atoms with Gasteiger partial charge in [-0.05, 0) is 12.8 Å². The molecular formula is C11H16O5. The Hall–Kier alpha value is -1.39. The minimum atomic E-state index is -1.31. The molecule has 0 aromatic carbocycles. The molecule has 0 aromatic rings. The summed E-state index contributed by atoms with van der Waals surface area (Å²) in [5.41, 5.74) is -1.31. The van der Waals surface area contributed by atoms with Gasteiger partial charge in [-0.1, -0.05) is 6.42 Å². The second kappa shape index (κ2) is 5.09. The number of carbonyl (C=O) groups excluding carboxylic acids is 3. The van der Waals surface area contributed by atoms with Crippen LogP contribution in [-0.4, -0.2) is 31.9 Å². The summed E-state index contributed by atoms with van der Waals surface area (Å²) in [4.78, 5) is 34.8. The van der Waals surface area contributed by atoms with Crippen molar-refractivity contribution in [2.75, 3.05) is 14.2 Å². The van der Waals surface area contributed by atoms with E-state index in [4.69, 9.17) is 0 Å². The highest BCUT2D eigenvalue weighted by Crippen LogP contribution is 2.37. The number of esters is 2. The number of rotatable bonds is 3. The average molecular weight is 228 g/mol. The molecule has 90 valence electrons. The van der Waals surface area contributed by atoms with E-state index in [2.05, 4.69) is 9.47 Å². The standard InChI is InChI=1S/C11H16O5/c1-15-9(13)7-11(10(14)16-2)6-4-3-5-8(11)12/h3-7H2,1-2H3/t11-/m1/s1. The number of carbonyl (C=O) groups is 3. The van der Waals surface area contributed by atoms with Crippen LogP contribution in [0.4, 0.5) is 0 Å². The second-order valence-corrected chi connectivity index (χ2v) is 3.96. The maximum Gasteiger partial charge on any atom is 0.319 e. The van der Waals surface area contributed by atoms with Gasteiger partial charge >= 0.3 is 11.9 Å². The first-order valence-electron chi connectivity index (χ1n) is 5.25. The van der Waals surface area contributed by atoms with Crippen molar-refractivity contribution in [3.05, 3.63) is 0 Å². The summed E-state index contributed by atoms with van der Waals surface area (Å²) in [6, 6.07) is 0. The molecule has 5 heteroatoms. The van der Waals surface area contributed by atoms with Crippen molar-refractivity contribution >= 4 is 17.7 Å². The fraction of sp³-hybridized carbons (Fsp3) is 0.727. The number of ketones is 1. The Morgan fingerprint density at radius 1 is 1.25 bits per heavy atom. The molecule has 1 atom stereocenters. The first-order chi connectivity index (χ1) is 7.56. The van der Waals surface area contributed by atoms with E-state index in [9.17, 15) is 14.4 Å². The molecule has 0 heterocycles. The van der Waals surface area contributed by atoms with Crippen LogP contribution in [0.15, 0.2) is 0 Å². The fourth-order valence-electron chi connectivity index (χ4n) is 2.08. The van der Waals surface area contributed by atoms with Crippen LogP contribution < -0.4 is 0 Å². The van der Waals surface area contributed by atoms with E-state index in [-0.39, 0.29) is 12.2 Å². The Morgan fingerprint density at radius 2 is 1.94 bits per heavy atom. The number of hydrogen-bond donors (Lipinski definition) is 0. The SMILES string of the molecule is COC(=O)C[C@]1(C(=O)OC)CCCCC1=O. The fourth-order valence-corrected chi connectivity index (χ4v) is 2.08. The molecule has 1 aliphatic rings. The minimum absolute atomic E-state index is 0.212. The van der Waals surface area contributed by atoms with E-state index in [0.29, 0.717) is 12.8 Å². The van der Waals surface area contributed by atoms with Gasteiger partial charge in [0.15, 0.2) is 5.78 Å². The van der Waals surface area contributed by atoms with Crippen molar-refractivity contribution in [2.45, 2.75) is 32.1 Å². The average Bonchev–Trinajstić information content (AvgIpc) is 2.30. The van der Waals surface area contributed by atoms with Gasteiger partial charge in [-0.25, -0.2) is 0 Å². The highest BCUT2D eigenvalue weighted by Gasteiger charge is 2.49. The van der Waals surface area contributed by atoms with E-state index in [1.165, 1.54) is 14.2 Å². The lowest BCUT2D eigenvalue weighted by molar-refractivity contribution is -0.166. The quantitative estimate of drug-likeness (QED) is 0.529. The molecule has 0 radical (unpaired) electrons. The van der Waals surface area contributed by atoms with Crippen LogP contribution in [0.2, 0.25) is 0 Å². The third-order valence-corrected chi connectivity index (χ3v) is 3.04. The molecule has 0 saturated heterocycles. The molecule has 0 aromatic heterocycles. The van der Waals surface area contributed by atoms with Crippen LogP contribution >= 0.6 is 0 Å². The Balaban J connectivity index is 2.95. The van der Waals surface area contributed by atoms with E-state index in [1.54, 1.807) is 0 Å². The molecule has 5 nitrogen and oxygen atoms in total. The van der Waals surface area contributed by atoms with Crippen molar-refractivity contribution in [3.8, 4) is 0 Å². The van der Waals surface area contributed by atoms with Crippen LogP contribution in [0.1, 0.15) is 32.1 Å². The lowest BCUT2D eigenvalue weighted by Crippen LogP contribution is -2.44. The molecule has 1 rings (SSSR count). The van der Waals surface area contributed by atoms with Gasteiger partial charge in [0.05, 0.1) is 20.6 Å². The summed E-state index contributed by atoms with van der Waals surface area (Å²) in [5, 5.41) is 0. The summed E-state index contributed by atoms with van der Waals surface area (Å²) >= 11 is 0.